The van der Waals surface area contributed by atoms with E-state index in [1.54, 1.807) is 24.4 Å². The van der Waals surface area contributed by atoms with Gasteiger partial charge in [0.25, 0.3) is 5.91 Å². The van der Waals surface area contributed by atoms with E-state index in [1.165, 1.54) is 0 Å². The Labute approximate surface area is 133 Å². The summed E-state index contributed by atoms with van der Waals surface area (Å²) >= 11 is 11.8. The molecular formula is C15H15Cl2N3O. The molecule has 0 aliphatic rings. The van der Waals surface area contributed by atoms with E-state index in [9.17, 15) is 4.79 Å². The van der Waals surface area contributed by atoms with Gasteiger partial charge < -0.3 is 10.6 Å². The van der Waals surface area contributed by atoms with Gasteiger partial charge in [-0.15, -0.1) is 0 Å². The molecule has 1 heterocycles. The molecule has 0 unspecified atom stereocenters. The minimum absolute atomic E-state index is 0.267. The van der Waals surface area contributed by atoms with E-state index < -0.39 is 0 Å². The third kappa shape index (κ3) is 4.09. The number of nitrogens with zero attached hydrogens (tertiary/aromatic N) is 1. The van der Waals surface area contributed by atoms with Crippen LogP contribution in [0.2, 0.25) is 10.0 Å². The summed E-state index contributed by atoms with van der Waals surface area (Å²) in [5.74, 6) is -0.267. The van der Waals surface area contributed by atoms with Crippen LogP contribution < -0.4 is 10.6 Å². The molecule has 110 valence electrons. The van der Waals surface area contributed by atoms with Gasteiger partial charge in [-0.25, -0.2) is 0 Å². The Morgan fingerprint density at radius 2 is 1.86 bits per heavy atom. The number of carbonyl (C=O) groups excluding carboxylic acids is 1. The van der Waals surface area contributed by atoms with Crippen LogP contribution in [0.15, 0.2) is 30.5 Å². The molecule has 2 rings (SSSR count). The number of rotatable bonds is 4. The molecule has 0 saturated carbocycles. The highest BCUT2D eigenvalue weighted by Crippen LogP contribution is 2.24. The summed E-state index contributed by atoms with van der Waals surface area (Å²) in [4.78, 5) is 16.5. The minimum Gasteiger partial charge on any atom is -0.385 e. The first-order chi connectivity index (χ1) is 9.99. The van der Waals surface area contributed by atoms with Crippen molar-refractivity contribution >= 4 is 40.5 Å². The van der Waals surface area contributed by atoms with Crippen molar-refractivity contribution in [3.8, 4) is 0 Å². The van der Waals surface area contributed by atoms with Crippen molar-refractivity contribution in [1.29, 1.82) is 0 Å². The standard InChI is InChI=1S/C15H15Cl2N3O/c1-3-18-14-4-9(2)19-8-13(14)15(21)20-12-6-10(16)5-11(17)7-12/h4-8H,3H2,1-2H3,(H,18,19)(H,20,21). The maximum absolute atomic E-state index is 12.4. The van der Waals surface area contributed by atoms with Gasteiger partial charge in [-0.2, -0.15) is 0 Å². The van der Waals surface area contributed by atoms with Crippen LogP contribution in [0.1, 0.15) is 23.0 Å². The molecular weight excluding hydrogens is 309 g/mol. The molecule has 0 spiro atoms. The summed E-state index contributed by atoms with van der Waals surface area (Å²) in [5, 5.41) is 6.85. The first-order valence-corrected chi connectivity index (χ1v) is 7.23. The normalized spacial score (nSPS) is 10.3. The summed E-state index contributed by atoms with van der Waals surface area (Å²) in [7, 11) is 0. The second-order valence-corrected chi connectivity index (χ2v) is 5.39. The predicted octanol–water partition coefficient (Wildman–Crippen LogP) is 4.38. The summed E-state index contributed by atoms with van der Waals surface area (Å²) in [6.45, 7) is 4.56. The van der Waals surface area contributed by atoms with Crippen molar-refractivity contribution in [2.45, 2.75) is 13.8 Å². The van der Waals surface area contributed by atoms with Crippen LogP contribution in [-0.4, -0.2) is 17.4 Å². The molecule has 2 N–H and O–H groups in total. The molecule has 6 heteroatoms. The highest BCUT2D eigenvalue weighted by Gasteiger charge is 2.13. The van der Waals surface area contributed by atoms with E-state index in [4.69, 9.17) is 23.2 Å². The second kappa shape index (κ2) is 6.78. The number of aromatic nitrogens is 1. The molecule has 1 aromatic carbocycles. The summed E-state index contributed by atoms with van der Waals surface area (Å²) in [5.41, 5.74) is 2.60. The number of anilines is 2. The average molecular weight is 324 g/mol. The van der Waals surface area contributed by atoms with E-state index in [0.717, 1.165) is 11.4 Å². The smallest absolute Gasteiger partial charge is 0.259 e. The summed E-state index contributed by atoms with van der Waals surface area (Å²) < 4.78 is 0. The van der Waals surface area contributed by atoms with Crippen LogP contribution in [0, 0.1) is 6.92 Å². The fourth-order valence-corrected chi connectivity index (χ4v) is 2.43. The van der Waals surface area contributed by atoms with E-state index in [1.807, 2.05) is 19.9 Å². The Balaban J connectivity index is 2.27. The number of hydrogen-bond acceptors (Lipinski definition) is 3. The number of benzene rings is 1. The molecule has 1 amide bonds. The number of aryl methyl sites for hydroxylation is 1. The topological polar surface area (TPSA) is 54.0 Å². The highest BCUT2D eigenvalue weighted by molar-refractivity contribution is 6.35. The van der Waals surface area contributed by atoms with Gasteiger partial charge in [-0.1, -0.05) is 23.2 Å². The first kappa shape index (κ1) is 15.6. The Bertz CT molecular complexity index is 654. The van der Waals surface area contributed by atoms with Gasteiger partial charge >= 0.3 is 0 Å². The third-order valence-electron chi connectivity index (χ3n) is 2.77. The maximum atomic E-state index is 12.4. The predicted molar refractivity (Wildman–Crippen MR) is 87.6 cm³/mol. The molecule has 0 atom stereocenters. The molecule has 21 heavy (non-hydrogen) atoms. The quantitative estimate of drug-likeness (QED) is 0.877. The zero-order chi connectivity index (χ0) is 15.4. The monoisotopic (exact) mass is 323 g/mol. The summed E-state index contributed by atoms with van der Waals surface area (Å²) in [6.07, 6.45) is 1.55. The van der Waals surface area contributed by atoms with Gasteiger partial charge in [0.1, 0.15) is 0 Å². The number of amides is 1. The fraction of sp³-hybridized carbons (Fsp3) is 0.200. The SMILES string of the molecule is CCNc1cc(C)ncc1C(=O)Nc1cc(Cl)cc(Cl)c1. The van der Waals surface area contributed by atoms with Gasteiger partial charge in [0.2, 0.25) is 0 Å². The van der Waals surface area contributed by atoms with Crippen LogP contribution in [0.5, 0.6) is 0 Å². The van der Waals surface area contributed by atoms with Crippen LogP contribution >= 0.6 is 23.2 Å². The molecule has 4 nitrogen and oxygen atoms in total. The molecule has 2 aromatic rings. The summed E-state index contributed by atoms with van der Waals surface area (Å²) in [6, 6.07) is 6.72. The average Bonchev–Trinajstić information content (AvgIpc) is 2.37. The number of halogens is 2. The Morgan fingerprint density at radius 3 is 2.48 bits per heavy atom. The van der Waals surface area contributed by atoms with Crippen LogP contribution in [0.3, 0.4) is 0 Å². The molecule has 0 saturated heterocycles. The lowest BCUT2D eigenvalue weighted by Crippen LogP contribution is -2.15. The van der Waals surface area contributed by atoms with Crippen molar-refractivity contribution in [2.24, 2.45) is 0 Å². The maximum Gasteiger partial charge on any atom is 0.259 e. The van der Waals surface area contributed by atoms with E-state index in [0.29, 0.717) is 27.8 Å². The van der Waals surface area contributed by atoms with Crippen LogP contribution in [0.4, 0.5) is 11.4 Å². The van der Waals surface area contributed by atoms with Crippen molar-refractivity contribution in [3.05, 3.63) is 51.8 Å². The molecule has 0 bridgehead atoms. The lowest BCUT2D eigenvalue weighted by atomic mass is 10.2. The van der Waals surface area contributed by atoms with Gasteiger partial charge in [0.05, 0.1) is 11.3 Å². The Hall–Kier alpha value is -1.78. The van der Waals surface area contributed by atoms with Crippen molar-refractivity contribution < 1.29 is 4.79 Å². The molecule has 0 aliphatic carbocycles. The van der Waals surface area contributed by atoms with E-state index in [-0.39, 0.29) is 5.91 Å². The number of hydrogen-bond donors (Lipinski definition) is 2. The molecule has 1 aromatic heterocycles. The molecule has 0 aliphatic heterocycles. The number of nitrogens with one attached hydrogen (secondary N) is 2. The number of pyridine rings is 1. The van der Waals surface area contributed by atoms with Gasteiger partial charge in [0, 0.05) is 34.2 Å². The number of carbonyl (C=O) groups is 1. The fourth-order valence-electron chi connectivity index (χ4n) is 1.90. The van der Waals surface area contributed by atoms with E-state index >= 15 is 0 Å². The zero-order valence-electron chi connectivity index (χ0n) is 11.7. The van der Waals surface area contributed by atoms with Gasteiger partial charge in [-0.05, 0) is 38.1 Å². The highest BCUT2D eigenvalue weighted by atomic mass is 35.5. The first-order valence-electron chi connectivity index (χ1n) is 6.47. The Morgan fingerprint density at radius 1 is 1.19 bits per heavy atom. The minimum atomic E-state index is -0.267. The van der Waals surface area contributed by atoms with Crippen molar-refractivity contribution in [1.82, 2.24) is 4.98 Å². The zero-order valence-corrected chi connectivity index (χ0v) is 13.2. The lowest BCUT2D eigenvalue weighted by Gasteiger charge is -2.12. The Kier molecular flexibility index (Phi) is 5.04. The van der Waals surface area contributed by atoms with Gasteiger partial charge in [0.15, 0.2) is 0 Å². The van der Waals surface area contributed by atoms with Crippen LogP contribution in [-0.2, 0) is 0 Å². The lowest BCUT2D eigenvalue weighted by molar-refractivity contribution is 0.102. The molecule has 0 fully saturated rings. The van der Waals surface area contributed by atoms with Crippen molar-refractivity contribution in [3.63, 3.8) is 0 Å². The third-order valence-corrected chi connectivity index (χ3v) is 3.21. The van der Waals surface area contributed by atoms with Crippen LogP contribution in [0.25, 0.3) is 0 Å². The largest absolute Gasteiger partial charge is 0.385 e. The van der Waals surface area contributed by atoms with Gasteiger partial charge in [-0.3, -0.25) is 9.78 Å². The second-order valence-electron chi connectivity index (χ2n) is 4.51. The van der Waals surface area contributed by atoms with E-state index in [2.05, 4.69) is 15.6 Å². The molecule has 0 radical (unpaired) electrons. The van der Waals surface area contributed by atoms with Crippen molar-refractivity contribution in [2.75, 3.05) is 17.2 Å².